The summed E-state index contributed by atoms with van der Waals surface area (Å²) in [5, 5.41) is 26.3. The van der Waals surface area contributed by atoms with E-state index in [1.807, 2.05) is 18.2 Å². The fraction of sp³-hybridized carbons (Fsp3) is 0.677. The molecule has 216 valence electrons. The number of para-hydroxylation sites is 1. The lowest BCUT2D eigenvalue weighted by atomic mass is 9.86. The first-order valence-corrected chi connectivity index (χ1v) is 15.8. The van der Waals surface area contributed by atoms with Crippen molar-refractivity contribution >= 4 is 11.5 Å². The third-order valence-electron chi connectivity index (χ3n) is 10.4. The van der Waals surface area contributed by atoms with Gasteiger partial charge in [0.1, 0.15) is 5.75 Å². The average Bonchev–Trinajstić information content (AvgIpc) is 3.02. The zero-order valence-corrected chi connectivity index (χ0v) is 23.8. The van der Waals surface area contributed by atoms with Crippen LogP contribution in [0.15, 0.2) is 30.3 Å². The lowest BCUT2D eigenvalue weighted by molar-refractivity contribution is 0.0579. The van der Waals surface area contributed by atoms with E-state index in [-0.39, 0.29) is 5.75 Å². The van der Waals surface area contributed by atoms with Gasteiger partial charge >= 0.3 is 0 Å². The molecule has 1 saturated carbocycles. The fourth-order valence-electron chi connectivity index (χ4n) is 8.01. The summed E-state index contributed by atoms with van der Waals surface area (Å²) in [5.74, 6) is 2.01. The second kappa shape index (κ2) is 11.8. The second-order valence-electron chi connectivity index (χ2n) is 12.7. The van der Waals surface area contributed by atoms with E-state index >= 15 is 0 Å². The number of hydrogen-bond acceptors (Lipinski definition) is 9. The van der Waals surface area contributed by atoms with E-state index in [4.69, 9.17) is 0 Å². The molecule has 7 rings (SSSR count). The van der Waals surface area contributed by atoms with E-state index in [0.717, 1.165) is 80.0 Å². The Labute approximate surface area is 238 Å². The highest BCUT2D eigenvalue weighted by Gasteiger charge is 2.37. The predicted molar refractivity (Wildman–Crippen MR) is 160 cm³/mol. The van der Waals surface area contributed by atoms with Crippen LogP contribution in [-0.2, 0) is 0 Å². The number of hydrogen-bond donors (Lipinski definition) is 3. The molecular weight excluding hydrogens is 500 g/mol. The van der Waals surface area contributed by atoms with Gasteiger partial charge < -0.3 is 30.4 Å². The van der Waals surface area contributed by atoms with E-state index in [0.29, 0.717) is 6.04 Å². The topological polar surface area (TPSA) is 83.0 Å². The van der Waals surface area contributed by atoms with E-state index in [2.05, 4.69) is 46.5 Å². The minimum absolute atomic E-state index is 0.247. The molecule has 5 aliphatic rings. The summed E-state index contributed by atoms with van der Waals surface area (Å²) in [5.41, 5.74) is 2.58. The molecule has 9 nitrogen and oxygen atoms in total. The summed E-state index contributed by atoms with van der Waals surface area (Å²) in [6.45, 7) is 12.9. The van der Waals surface area contributed by atoms with Gasteiger partial charge in [-0.25, -0.2) is 0 Å². The molecule has 40 heavy (non-hydrogen) atoms. The Morgan fingerprint density at radius 1 is 0.800 bits per heavy atom. The van der Waals surface area contributed by atoms with Gasteiger partial charge in [0.05, 0.1) is 17.4 Å². The Morgan fingerprint density at radius 2 is 1.55 bits per heavy atom. The van der Waals surface area contributed by atoms with Crippen molar-refractivity contribution in [2.75, 3.05) is 82.2 Å². The molecule has 1 aliphatic carbocycles. The molecule has 0 radical (unpaired) electrons. The number of fused-ring (bicyclic) bond motifs is 3. The summed E-state index contributed by atoms with van der Waals surface area (Å²) in [4.78, 5) is 10.8. The SMILES string of the molecule is Oc1ccccc1-c1cc2c(nn1)NC[C@H]1CN([C@H]3CC[C@H](N4CCC(CN5CCNCC5)CC4)CC3)CCN21. The van der Waals surface area contributed by atoms with E-state index in [9.17, 15) is 5.11 Å². The zero-order valence-electron chi connectivity index (χ0n) is 23.8. The second-order valence-corrected chi connectivity index (χ2v) is 12.7. The van der Waals surface area contributed by atoms with Gasteiger partial charge in [0.25, 0.3) is 0 Å². The van der Waals surface area contributed by atoms with Gasteiger partial charge in [0.15, 0.2) is 5.82 Å². The fourth-order valence-corrected chi connectivity index (χ4v) is 8.01. The summed E-state index contributed by atoms with van der Waals surface area (Å²) < 4.78 is 0. The number of rotatable bonds is 5. The maximum absolute atomic E-state index is 10.3. The smallest absolute Gasteiger partial charge is 0.172 e. The van der Waals surface area contributed by atoms with Crippen LogP contribution in [0, 0.1) is 5.92 Å². The van der Waals surface area contributed by atoms with Crippen molar-refractivity contribution in [2.24, 2.45) is 5.92 Å². The number of aromatic nitrogens is 2. The highest BCUT2D eigenvalue weighted by molar-refractivity contribution is 5.76. The molecule has 1 aromatic carbocycles. The number of phenols is 1. The van der Waals surface area contributed by atoms with Gasteiger partial charge in [0, 0.05) is 76.5 Å². The van der Waals surface area contributed by atoms with Gasteiger partial charge in [-0.15, -0.1) is 10.2 Å². The van der Waals surface area contributed by atoms with Gasteiger partial charge in [-0.05, 0) is 75.7 Å². The predicted octanol–water partition coefficient (Wildman–Crippen LogP) is 2.69. The lowest BCUT2D eigenvalue weighted by Crippen LogP contribution is -2.60. The molecule has 0 unspecified atom stereocenters. The van der Waals surface area contributed by atoms with Gasteiger partial charge in [0.2, 0.25) is 0 Å². The standard InChI is InChI=1S/C31H46N8O/c40-30-4-2-1-3-27(30)28-19-29-31(35-34-28)33-20-26-22-38(17-18-39(26)29)25-7-5-24(6-8-25)37-13-9-23(10-14-37)21-36-15-11-32-12-16-36/h1-4,19,23-26,32,40H,5-18,20-22H2,(H,33,35)/t24-,25-,26-/m0/s1. The molecule has 0 bridgehead atoms. The zero-order chi connectivity index (χ0) is 26.9. The summed E-state index contributed by atoms with van der Waals surface area (Å²) in [7, 11) is 0. The number of anilines is 2. The first-order chi connectivity index (χ1) is 19.7. The molecule has 3 N–H and O–H groups in total. The summed E-state index contributed by atoms with van der Waals surface area (Å²) in [6.07, 6.45) is 8.17. The van der Waals surface area contributed by atoms with Crippen LogP contribution < -0.4 is 15.5 Å². The average molecular weight is 547 g/mol. The number of aromatic hydroxyl groups is 1. The molecule has 2 aromatic rings. The van der Waals surface area contributed by atoms with Crippen LogP contribution >= 0.6 is 0 Å². The van der Waals surface area contributed by atoms with Crippen LogP contribution in [-0.4, -0.2) is 120 Å². The number of likely N-dealkylation sites (tertiary alicyclic amines) is 1. The van der Waals surface area contributed by atoms with Crippen LogP contribution in [0.5, 0.6) is 5.75 Å². The van der Waals surface area contributed by atoms with Gasteiger partial charge in [-0.3, -0.25) is 4.90 Å². The molecule has 5 heterocycles. The number of nitrogens with one attached hydrogen (secondary N) is 2. The molecular formula is C31H46N8O. The number of piperazine rings is 2. The highest BCUT2D eigenvalue weighted by atomic mass is 16.3. The third-order valence-corrected chi connectivity index (χ3v) is 10.4. The molecule has 4 aliphatic heterocycles. The number of piperidine rings is 1. The Balaban J connectivity index is 0.908. The molecule has 4 fully saturated rings. The third kappa shape index (κ3) is 5.53. The number of phenolic OH excluding ortho intramolecular Hbond substituents is 1. The first kappa shape index (κ1) is 26.4. The molecule has 0 amide bonds. The van der Waals surface area contributed by atoms with Crippen molar-refractivity contribution in [1.29, 1.82) is 0 Å². The van der Waals surface area contributed by atoms with Crippen molar-refractivity contribution in [1.82, 2.24) is 30.2 Å². The minimum atomic E-state index is 0.247. The van der Waals surface area contributed by atoms with Crippen molar-refractivity contribution in [3.63, 3.8) is 0 Å². The normalized spacial score (nSPS) is 29.0. The molecule has 3 saturated heterocycles. The van der Waals surface area contributed by atoms with E-state index in [1.54, 1.807) is 6.07 Å². The Morgan fingerprint density at radius 3 is 2.33 bits per heavy atom. The monoisotopic (exact) mass is 546 g/mol. The highest BCUT2D eigenvalue weighted by Crippen LogP contribution is 2.37. The first-order valence-electron chi connectivity index (χ1n) is 15.8. The summed E-state index contributed by atoms with van der Waals surface area (Å²) in [6, 6.07) is 11.4. The number of benzene rings is 1. The molecule has 9 heteroatoms. The molecule has 0 spiro atoms. The van der Waals surface area contributed by atoms with Gasteiger partial charge in [-0.2, -0.15) is 0 Å². The van der Waals surface area contributed by atoms with E-state index in [1.165, 1.54) is 71.2 Å². The quantitative estimate of drug-likeness (QED) is 0.524. The minimum Gasteiger partial charge on any atom is -0.507 e. The van der Waals surface area contributed by atoms with Crippen LogP contribution in [0.25, 0.3) is 11.3 Å². The van der Waals surface area contributed by atoms with Crippen LogP contribution in [0.4, 0.5) is 11.5 Å². The maximum atomic E-state index is 10.3. The largest absolute Gasteiger partial charge is 0.507 e. The van der Waals surface area contributed by atoms with Crippen molar-refractivity contribution in [2.45, 2.75) is 56.7 Å². The van der Waals surface area contributed by atoms with Crippen LogP contribution in [0.1, 0.15) is 38.5 Å². The maximum Gasteiger partial charge on any atom is 0.172 e. The van der Waals surface area contributed by atoms with Crippen molar-refractivity contribution in [3.05, 3.63) is 30.3 Å². The van der Waals surface area contributed by atoms with Crippen LogP contribution in [0.3, 0.4) is 0 Å². The molecule has 1 aromatic heterocycles. The van der Waals surface area contributed by atoms with Crippen molar-refractivity contribution in [3.8, 4) is 17.0 Å². The molecule has 1 atom stereocenters. The Hall–Kier alpha value is -2.46. The Kier molecular flexibility index (Phi) is 7.80. The number of nitrogens with zero attached hydrogens (tertiary/aromatic N) is 6. The van der Waals surface area contributed by atoms with Crippen molar-refractivity contribution < 1.29 is 5.11 Å². The lowest BCUT2D eigenvalue weighted by Gasteiger charge is -2.49. The van der Waals surface area contributed by atoms with Crippen LogP contribution in [0.2, 0.25) is 0 Å². The van der Waals surface area contributed by atoms with Gasteiger partial charge in [-0.1, -0.05) is 12.1 Å². The summed E-state index contributed by atoms with van der Waals surface area (Å²) >= 11 is 0. The Bertz CT molecular complexity index is 1140. The van der Waals surface area contributed by atoms with E-state index < -0.39 is 0 Å².